The fraction of sp³-hybridized carbons (Fsp3) is 0.600. The van der Waals surface area contributed by atoms with Crippen molar-refractivity contribution in [2.24, 2.45) is 5.92 Å². The van der Waals surface area contributed by atoms with E-state index in [0.717, 1.165) is 34.8 Å². The molecule has 0 N–H and O–H groups in total. The molecule has 0 aliphatic rings. The quantitative estimate of drug-likeness (QED) is 0.368. The van der Waals surface area contributed by atoms with Crippen molar-refractivity contribution in [2.45, 2.75) is 25.7 Å². The molecule has 1 aromatic carbocycles. The second-order valence-electron chi connectivity index (χ2n) is 5.27. The van der Waals surface area contributed by atoms with Crippen LogP contribution in [0.2, 0.25) is 0 Å². The van der Waals surface area contributed by atoms with Crippen LogP contribution in [0.4, 0.5) is 0 Å². The third-order valence-corrected chi connectivity index (χ3v) is 5.82. The Balaban J connectivity index is 2.70. The molecule has 0 unspecified atom stereocenters. The van der Waals surface area contributed by atoms with E-state index >= 15 is 0 Å². The second-order valence-corrected chi connectivity index (χ2v) is 7.31. The van der Waals surface area contributed by atoms with Gasteiger partial charge in [0.15, 0.2) is 0 Å². The lowest BCUT2D eigenvalue weighted by Crippen LogP contribution is -2.32. The van der Waals surface area contributed by atoms with Crippen LogP contribution in [0.1, 0.15) is 25.8 Å². The second kappa shape index (κ2) is 8.81. The van der Waals surface area contributed by atoms with Gasteiger partial charge in [-0.25, -0.2) is 0 Å². The molecule has 0 amide bonds. The molecule has 0 aliphatic heterocycles. The van der Waals surface area contributed by atoms with Crippen molar-refractivity contribution in [3.63, 3.8) is 0 Å². The first kappa shape index (κ1) is 17.7. The van der Waals surface area contributed by atoms with Gasteiger partial charge < -0.3 is 4.74 Å². The highest BCUT2D eigenvalue weighted by atomic mass is 79.9. The Labute approximate surface area is 141 Å². The van der Waals surface area contributed by atoms with E-state index in [4.69, 9.17) is 4.74 Å². The highest BCUT2D eigenvalue weighted by molar-refractivity contribution is 9.10. The van der Waals surface area contributed by atoms with E-state index in [1.807, 2.05) is 0 Å². The Morgan fingerprint density at radius 3 is 2.16 bits per heavy atom. The van der Waals surface area contributed by atoms with Gasteiger partial charge in [-0.1, -0.05) is 73.8 Å². The van der Waals surface area contributed by atoms with Crippen LogP contribution in [0.25, 0.3) is 0 Å². The monoisotopic (exact) mass is 454 g/mol. The lowest BCUT2D eigenvalue weighted by Gasteiger charge is -2.31. The SMILES string of the molecule is CC(C)COCCC(CBr)(CBr)c1ccc(Br)cc1. The van der Waals surface area contributed by atoms with Crippen LogP contribution in [0.15, 0.2) is 28.7 Å². The minimum Gasteiger partial charge on any atom is -0.381 e. The zero-order chi connectivity index (χ0) is 14.3. The van der Waals surface area contributed by atoms with Crippen LogP contribution in [0, 0.1) is 5.92 Å². The van der Waals surface area contributed by atoms with Crippen molar-refractivity contribution in [3.8, 4) is 0 Å². The summed E-state index contributed by atoms with van der Waals surface area (Å²) in [6.07, 6.45) is 1.01. The Bertz CT molecular complexity index is 358. The van der Waals surface area contributed by atoms with Gasteiger partial charge in [0.05, 0.1) is 0 Å². The van der Waals surface area contributed by atoms with Crippen molar-refractivity contribution >= 4 is 47.8 Å². The average Bonchev–Trinajstić information content (AvgIpc) is 2.41. The largest absolute Gasteiger partial charge is 0.381 e. The van der Waals surface area contributed by atoms with Crippen molar-refractivity contribution in [1.82, 2.24) is 0 Å². The van der Waals surface area contributed by atoms with Gasteiger partial charge >= 0.3 is 0 Å². The van der Waals surface area contributed by atoms with Crippen LogP contribution in [0.5, 0.6) is 0 Å². The number of hydrogen-bond donors (Lipinski definition) is 0. The van der Waals surface area contributed by atoms with Crippen molar-refractivity contribution in [3.05, 3.63) is 34.3 Å². The van der Waals surface area contributed by atoms with Gasteiger partial charge in [0.1, 0.15) is 0 Å². The Kier molecular flexibility index (Phi) is 8.19. The molecule has 0 heterocycles. The van der Waals surface area contributed by atoms with Gasteiger partial charge in [-0.15, -0.1) is 0 Å². The molecule has 0 aromatic heterocycles. The van der Waals surface area contributed by atoms with E-state index in [1.165, 1.54) is 5.56 Å². The maximum absolute atomic E-state index is 5.75. The third-order valence-electron chi connectivity index (χ3n) is 3.14. The standard InChI is InChI=1S/C15H21Br3O/c1-12(2)9-19-8-7-15(10-16,11-17)13-3-5-14(18)6-4-13/h3-6,12H,7-11H2,1-2H3. The summed E-state index contributed by atoms with van der Waals surface area (Å²) in [7, 11) is 0. The smallest absolute Gasteiger partial charge is 0.0488 e. The van der Waals surface area contributed by atoms with Crippen LogP contribution in [-0.4, -0.2) is 23.9 Å². The summed E-state index contributed by atoms with van der Waals surface area (Å²) < 4.78 is 6.86. The first-order valence-electron chi connectivity index (χ1n) is 6.50. The van der Waals surface area contributed by atoms with Gasteiger partial charge in [0.25, 0.3) is 0 Å². The summed E-state index contributed by atoms with van der Waals surface area (Å²) in [6, 6.07) is 8.58. The molecule has 0 saturated heterocycles. The maximum Gasteiger partial charge on any atom is 0.0488 e. The fourth-order valence-corrected chi connectivity index (χ4v) is 4.26. The third kappa shape index (κ3) is 5.49. The molecule has 4 heteroatoms. The molecule has 0 radical (unpaired) electrons. The van der Waals surface area contributed by atoms with E-state index in [9.17, 15) is 0 Å². The number of rotatable bonds is 8. The molecule has 1 nitrogen and oxygen atoms in total. The van der Waals surface area contributed by atoms with E-state index in [0.29, 0.717) is 5.92 Å². The molecule has 1 aromatic rings. The lowest BCUT2D eigenvalue weighted by atomic mass is 9.82. The molecule has 0 spiro atoms. The fourth-order valence-electron chi connectivity index (χ4n) is 1.86. The summed E-state index contributed by atoms with van der Waals surface area (Å²) in [5.41, 5.74) is 1.44. The molecule has 0 bridgehead atoms. The Morgan fingerprint density at radius 1 is 1.11 bits per heavy atom. The Morgan fingerprint density at radius 2 is 1.68 bits per heavy atom. The molecule has 19 heavy (non-hydrogen) atoms. The normalized spacial score (nSPS) is 12.1. The van der Waals surface area contributed by atoms with Crippen LogP contribution >= 0.6 is 47.8 Å². The van der Waals surface area contributed by atoms with Gasteiger partial charge in [0.2, 0.25) is 0 Å². The predicted molar refractivity (Wildman–Crippen MR) is 93.7 cm³/mol. The highest BCUT2D eigenvalue weighted by Gasteiger charge is 2.29. The molecule has 108 valence electrons. The van der Waals surface area contributed by atoms with E-state index in [-0.39, 0.29) is 5.41 Å². The topological polar surface area (TPSA) is 9.23 Å². The minimum atomic E-state index is 0.0949. The zero-order valence-electron chi connectivity index (χ0n) is 11.5. The molecule has 1 rings (SSSR count). The molecule has 0 atom stereocenters. The molecule has 0 aliphatic carbocycles. The average molecular weight is 457 g/mol. The van der Waals surface area contributed by atoms with E-state index in [1.54, 1.807) is 0 Å². The summed E-state index contributed by atoms with van der Waals surface area (Å²) in [4.78, 5) is 0. The Hall–Kier alpha value is 0.620. The van der Waals surface area contributed by atoms with E-state index < -0.39 is 0 Å². The van der Waals surface area contributed by atoms with Crippen molar-refractivity contribution in [1.29, 1.82) is 0 Å². The van der Waals surface area contributed by atoms with Crippen LogP contribution in [-0.2, 0) is 10.2 Å². The molecular weight excluding hydrogens is 436 g/mol. The number of alkyl halides is 2. The molecular formula is C15H21Br3O. The number of hydrogen-bond acceptors (Lipinski definition) is 1. The van der Waals surface area contributed by atoms with Gasteiger partial charge in [0, 0.05) is 33.8 Å². The zero-order valence-corrected chi connectivity index (χ0v) is 16.2. The van der Waals surface area contributed by atoms with Gasteiger partial charge in [-0.2, -0.15) is 0 Å². The minimum absolute atomic E-state index is 0.0949. The van der Waals surface area contributed by atoms with Crippen molar-refractivity contribution in [2.75, 3.05) is 23.9 Å². The van der Waals surface area contributed by atoms with Crippen LogP contribution in [0.3, 0.4) is 0 Å². The van der Waals surface area contributed by atoms with Gasteiger partial charge in [-0.3, -0.25) is 0 Å². The van der Waals surface area contributed by atoms with Gasteiger partial charge in [-0.05, 0) is 30.0 Å². The first-order valence-corrected chi connectivity index (χ1v) is 9.53. The lowest BCUT2D eigenvalue weighted by molar-refractivity contribution is 0.0975. The summed E-state index contributed by atoms with van der Waals surface area (Å²) in [6.45, 7) is 5.99. The summed E-state index contributed by atoms with van der Waals surface area (Å²) >= 11 is 10.8. The number of benzene rings is 1. The van der Waals surface area contributed by atoms with E-state index in [2.05, 4.69) is 85.9 Å². The summed E-state index contributed by atoms with van der Waals surface area (Å²) in [5, 5.41) is 1.86. The highest BCUT2D eigenvalue weighted by Crippen LogP contribution is 2.33. The maximum atomic E-state index is 5.75. The predicted octanol–water partition coefficient (Wildman–Crippen LogP) is 5.54. The summed E-state index contributed by atoms with van der Waals surface area (Å²) in [5.74, 6) is 0.593. The van der Waals surface area contributed by atoms with Crippen molar-refractivity contribution < 1.29 is 4.74 Å². The first-order chi connectivity index (χ1) is 9.04. The number of ether oxygens (including phenoxy) is 1. The number of halogens is 3. The molecule has 0 fully saturated rings. The van der Waals surface area contributed by atoms with Crippen LogP contribution < -0.4 is 0 Å². The molecule has 0 saturated carbocycles.